The number of esters is 1. The first-order valence-electron chi connectivity index (χ1n) is 15.3. The van der Waals surface area contributed by atoms with E-state index in [2.05, 4.69) is 45.1 Å². The standard InChI is InChI=1S/C35H38N6O4/c1-23-16-24(12-14-28(25-8-7-9-25)29-10-5-6-11-30(29)35(42)43-4)18-27(17-23)44-19-26-13-15-31(45-26)41-22-38-32-33(39-21-40(2)3)36-20-37-34(32)41/h5-6,10-12,14,16-18,20-22,26,31H,7-9,13,15,19H2,1-4H3/b14-12+,39-21+. The van der Waals surface area contributed by atoms with Crippen LogP contribution in [0.15, 0.2) is 71.8 Å². The van der Waals surface area contributed by atoms with Crippen molar-refractivity contribution in [3.8, 4) is 5.75 Å². The normalized spacial score (nSPS) is 18.1. The average molecular weight is 607 g/mol. The van der Waals surface area contributed by atoms with Crippen molar-refractivity contribution in [3.63, 3.8) is 0 Å². The molecule has 0 amide bonds. The predicted octanol–water partition coefficient (Wildman–Crippen LogP) is 6.55. The molecule has 0 radical (unpaired) electrons. The third kappa shape index (κ3) is 6.81. The smallest absolute Gasteiger partial charge is 0.338 e. The van der Waals surface area contributed by atoms with Crippen molar-refractivity contribution in [1.82, 2.24) is 24.4 Å². The Morgan fingerprint density at radius 2 is 1.93 bits per heavy atom. The van der Waals surface area contributed by atoms with E-state index in [0.29, 0.717) is 29.2 Å². The Morgan fingerprint density at radius 1 is 1.11 bits per heavy atom. The molecule has 10 nitrogen and oxygen atoms in total. The van der Waals surface area contributed by atoms with Crippen LogP contribution < -0.4 is 4.74 Å². The zero-order chi connectivity index (χ0) is 31.3. The molecule has 0 N–H and O–H groups in total. The van der Waals surface area contributed by atoms with E-state index in [9.17, 15) is 4.79 Å². The number of benzene rings is 2. The van der Waals surface area contributed by atoms with Gasteiger partial charge in [0.1, 0.15) is 24.9 Å². The molecule has 1 aliphatic carbocycles. The van der Waals surface area contributed by atoms with E-state index < -0.39 is 0 Å². The van der Waals surface area contributed by atoms with E-state index in [1.54, 1.807) is 12.7 Å². The Balaban J connectivity index is 1.14. The van der Waals surface area contributed by atoms with Gasteiger partial charge in [0.05, 0.1) is 31.4 Å². The quantitative estimate of drug-likeness (QED) is 0.114. The van der Waals surface area contributed by atoms with Crippen LogP contribution in [-0.2, 0) is 9.47 Å². The highest BCUT2D eigenvalue weighted by molar-refractivity contribution is 5.98. The highest BCUT2D eigenvalue weighted by atomic mass is 16.6. The predicted molar refractivity (Wildman–Crippen MR) is 175 cm³/mol. The molecule has 0 spiro atoms. The van der Waals surface area contributed by atoms with Crippen LogP contribution in [0.3, 0.4) is 0 Å². The maximum atomic E-state index is 12.5. The maximum absolute atomic E-state index is 12.5. The fraction of sp³-hybridized carbons (Fsp3) is 0.343. The van der Waals surface area contributed by atoms with Gasteiger partial charge in [-0.05, 0) is 79.5 Å². The highest BCUT2D eigenvalue weighted by Crippen LogP contribution is 2.37. The Bertz CT molecular complexity index is 1780. The molecule has 6 rings (SSSR count). The van der Waals surface area contributed by atoms with Crippen molar-refractivity contribution >= 4 is 40.9 Å². The fourth-order valence-corrected chi connectivity index (χ4v) is 5.68. The lowest BCUT2D eigenvalue weighted by atomic mass is 9.83. The summed E-state index contributed by atoms with van der Waals surface area (Å²) >= 11 is 0. The summed E-state index contributed by atoms with van der Waals surface area (Å²) in [6.07, 6.45) is 13.8. The summed E-state index contributed by atoms with van der Waals surface area (Å²) in [5.41, 5.74) is 7.40. The summed E-state index contributed by atoms with van der Waals surface area (Å²) in [5.74, 6) is 0.990. The van der Waals surface area contributed by atoms with E-state index in [-0.39, 0.29) is 18.3 Å². The van der Waals surface area contributed by atoms with Gasteiger partial charge in [0.15, 0.2) is 17.0 Å². The Hall–Kier alpha value is -4.83. The Kier molecular flexibility index (Phi) is 9.02. The lowest BCUT2D eigenvalue weighted by Crippen LogP contribution is -2.18. The molecule has 4 aromatic rings. The molecule has 1 saturated heterocycles. The van der Waals surface area contributed by atoms with Crippen molar-refractivity contribution < 1.29 is 19.0 Å². The first-order chi connectivity index (χ1) is 21.9. The minimum Gasteiger partial charge on any atom is -0.491 e. The van der Waals surface area contributed by atoms with E-state index >= 15 is 0 Å². The van der Waals surface area contributed by atoms with Crippen molar-refractivity contribution in [2.45, 2.75) is 51.4 Å². The number of ether oxygens (including phenoxy) is 3. The minimum atomic E-state index is -0.326. The van der Waals surface area contributed by atoms with Crippen molar-refractivity contribution in [2.75, 3.05) is 27.8 Å². The molecule has 0 bridgehead atoms. The third-order valence-electron chi connectivity index (χ3n) is 8.06. The number of carbonyl (C=O) groups is 1. The van der Waals surface area contributed by atoms with Gasteiger partial charge in [-0.15, -0.1) is 0 Å². The van der Waals surface area contributed by atoms with Crippen molar-refractivity contribution in [3.05, 3.63) is 89.0 Å². The fourth-order valence-electron chi connectivity index (χ4n) is 5.68. The molecule has 2 unspecified atom stereocenters. The summed E-state index contributed by atoms with van der Waals surface area (Å²) in [7, 11) is 5.23. The molecule has 3 heterocycles. The van der Waals surface area contributed by atoms with Crippen LogP contribution in [0.5, 0.6) is 5.75 Å². The van der Waals surface area contributed by atoms with Crippen LogP contribution in [-0.4, -0.2) is 70.6 Å². The van der Waals surface area contributed by atoms with Gasteiger partial charge in [-0.1, -0.05) is 42.0 Å². The molecule has 10 heteroatoms. The molecule has 2 aromatic carbocycles. The van der Waals surface area contributed by atoms with E-state index in [0.717, 1.165) is 60.1 Å². The first kappa shape index (κ1) is 30.2. The van der Waals surface area contributed by atoms with Gasteiger partial charge in [-0.25, -0.2) is 24.7 Å². The van der Waals surface area contributed by atoms with Gasteiger partial charge < -0.3 is 19.1 Å². The van der Waals surface area contributed by atoms with Gasteiger partial charge in [-0.2, -0.15) is 0 Å². The number of nitrogens with zero attached hydrogens (tertiary/aromatic N) is 6. The molecule has 2 aliphatic rings. The molecule has 232 valence electrons. The number of aromatic nitrogens is 4. The lowest BCUT2D eigenvalue weighted by Gasteiger charge is -2.22. The van der Waals surface area contributed by atoms with E-state index in [1.165, 1.54) is 19.0 Å². The zero-order valence-corrected chi connectivity index (χ0v) is 26.1. The number of allylic oxidation sites excluding steroid dienone is 3. The summed E-state index contributed by atoms with van der Waals surface area (Å²) in [4.78, 5) is 32.0. The van der Waals surface area contributed by atoms with Crippen LogP contribution >= 0.6 is 0 Å². The number of rotatable bonds is 10. The second-order valence-corrected chi connectivity index (χ2v) is 11.7. The van der Waals surface area contributed by atoms with Crippen molar-refractivity contribution in [2.24, 2.45) is 4.99 Å². The van der Waals surface area contributed by atoms with Crippen LogP contribution in [0.2, 0.25) is 0 Å². The van der Waals surface area contributed by atoms with Gasteiger partial charge in [-0.3, -0.25) is 4.57 Å². The molecular formula is C35H38N6O4. The monoisotopic (exact) mass is 606 g/mol. The van der Waals surface area contributed by atoms with Crippen LogP contribution in [0.4, 0.5) is 5.82 Å². The van der Waals surface area contributed by atoms with Gasteiger partial charge >= 0.3 is 5.97 Å². The summed E-state index contributed by atoms with van der Waals surface area (Å²) in [5, 5.41) is 0. The number of methoxy groups -OCH3 is 1. The molecular weight excluding hydrogens is 568 g/mol. The number of fused-ring (bicyclic) bond motifs is 1. The Labute approximate surface area is 263 Å². The average Bonchev–Trinajstić information content (AvgIpc) is 3.67. The third-order valence-corrected chi connectivity index (χ3v) is 8.06. The second-order valence-electron chi connectivity index (χ2n) is 11.7. The zero-order valence-electron chi connectivity index (χ0n) is 26.1. The highest BCUT2D eigenvalue weighted by Gasteiger charge is 2.29. The minimum absolute atomic E-state index is 0.0650. The summed E-state index contributed by atoms with van der Waals surface area (Å²) < 4.78 is 19.7. The number of aryl methyl sites for hydroxylation is 1. The number of carbonyl (C=O) groups excluding carboxylic acids is 1. The molecule has 2 atom stereocenters. The van der Waals surface area contributed by atoms with Crippen molar-refractivity contribution in [1.29, 1.82) is 0 Å². The summed E-state index contributed by atoms with van der Waals surface area (Å²) in [6, 6.07) is 13.9. The maximum Gasteiger partial charge on any atom is 0.338 e. The van der Waals surface area contributed by atoms with Gasteiger partial charge in [0.2, 0.25) is 0 Å². The summed E-state index contributed by atoms with van der Waals surface area (Å²) in [6.45, 7) is 2.50. The van der Waals surface area contributed by atoms with Gasteiger partial charge in [0, 0.05) is 14.1 Å². The number of aliphatic imine (C=N–C) groups is 1. The van der Waals surface area contributed by atoms with E-state index in [4.69, 9.17) is 14.2 Å². The van der Waals surface area contributed by atoms with Crippen LogP contribution in [0.25, 0.3) is 22.8 Å². The molecule has 45 heavy (non-hydrogen) atoms. The van der Waals surface area contributed by atoms with E-state index in [1.807, 2.05) is 60.0 Å². The largest absolute Gasteiger partial charge is 0.491 e. The topological polar surface area (TPSA) is 104 Å². The van der Waals surface area contributed by atoms with Crippen LogP contribution in [0, 0.1) is 6.92 Å². The number of hydrogen-bond acceptors (Lipinski definition) is 8. The van der Waals surface area contributed by atoms with Gasteiger partial charge in [0.25, 0.3) is 0 Å². The number of imidazole rings is 1. The molecule has 1 aliphatic heterocycles. The SMILES string of the molecule is COC(=O)c1ccccc1C(/C=C/c1cc(C)cc(OCC2CCC(n3cnc4c(/N=C/N(C)C)ncnc43)O2)c1)=C1CCC1. The lowest BCUT2D eigenvalue weighted by molar-refractivity contribution is -0.0158. The molecule has 2 aromatic heterocycles. The number of hydrogen-bond donors (Lipinski definition) is 0. The van der Waals surface area contributed by atoms with Crippen LogP contribution in [0.1, 0.15) is 65.4 Å². The second kappa shape index (κ2) is 13.4. The molecule has 1 saturated carbocycles. The Morgan fingerprint density at radius 3 is 2.69 bits per heavy atom. The first-order valence-corrected chi connectivity index (χ1v) is 15.3. The molecule has 2 fully saturated rings.